The zero-order chi connectivity index (χ0) is 19.9. The molecule has 2 N–H and O–H groups in total. The van der Waals surface area contributed by atoms with Gasteiger partial charge in [-0.3, -0.25) is 9.59 Å². The Morgan fingerprint density at radius 1 is 0.926 bits per heavy atom. The SMILES string of the molecule is CCO[Si](CCCNC(=O)C1C2CCC(CC2)C1C(=O)O)(OCC)OCC. The molecule has 2 atom stereocenters. The lowest BCUT2D eigenvalue weighted by Gasteiger charge is -2.45. The molecule has 2 bridgehead atoms. The first kappa shape index (κ1) is 22.3. The second kappa shape index (κ2) is 10.5. The van der Waals surface area contributed by atoms with Gasteiger partial charge in [-0.1, -0.05) is 0 Å². The summed E-state index contributed by atoms with van der Waals surface area (Å²) in [5.74, 6) is -1.48. The maximum absolute atomic E-state index is 12.7. The molecule has 2 unspecified atom stereocenters. The third-order valence-electron chi connectivity index (χ3n) is 5.86. The molecule has 0 aliphatic heterocycles. The van der Waals surface area contributed by atoms with Crippen LogP contribution in [0, 0.1) is 23.7 Å². The van der Waals surface area contributed by atoms with Gasteiger partial charge in [-0.15, -0.1) is 0 Å². The molecule has 156 valence electrons. The standard InChI is InChI=1S/C19H35NO6Si/c1-4-24-27(25-5-2,26-6-3)13-7-12-20-18(21)16-14-8-10-15(11-9-14)17(16)19(22)23/h14-17H,4-13H2,1-3H3,(H,20,21)(H,22,23). The number of aliphatic carboxylic acids is 1. The number of carbonyl (C=O) groups excluding carboxylic acids is 1. The molecule has 0 aromatic rings. The van der Waals surface area contributed by atoms with Gasteiger partial charge >= 0.3 is 14.8 Å². The summed E-state index contributed by atoms with van der Waals surface area (Å²) in [6, 6.07) is 0.641. The number of hydrogen-bond acceptors (Lipinski definition) is 5. The molecular formula is C19H35NO6Si. The van der Waals surface area contributed by atoms with E-state index in [1.165, 1.54) is 0 Å². The Balaban J connectivity index is 1.88. The van der Waals surface area contributed by atoms with Crippen LogP contribution in [0.5, 0.6) is 0 Å². The number of carboxylic acids is 1. The summed E-state index contributed by atoms with van der Waals surface area (Å²) in [6.45, 7) is 7.85. The zero-order valence-electron chi connectivity index (χ0n) is 16.9. The van der Waals surface area contributed by atoms with Crippen molar-refractivity contribution in [2.45, 2.75) is 58.9 Å². The summed E-state index contributed by atoms with van der Waals surface area (Å²) in [6.07, 6.45) is 4.52. The number of hydrogen-bond donors (Lipinski definition) is 2. The normalized spacial score (nSPS) is 27.5. The molecule has 3 aliphatic carbocycles. The van der Waals surface area contributed by atoms with Crippen molar-refractivity contribution in [2.24, 2.45) is 23.7 Å². The maximum atomic E-state index is 12.7. The Labute approximate surface area is 163 Å². The summed E-state index contributed by atoms with van der Waals surface area (Å²) >= 11 is 0. The van der Waals surface area contributed by atoms with Crippen molar-refractivity contribution in [3.63, 3.8) is 0 Å². The van der Waals surface area contributed by atoms with Crippen LogP contribution >= 0.6 is 0 Å². The minimum Gasteiger partial charge on any atom is -0.481 e. The highest BCUT2D eigenvalue weighted by Gasteiger charge is 2.50. The van der Waals surface area contributed by atoms with Crippen molar-refractivity contribution in [3.05, 3.63) is 0 Å². The smallest absolute Gasteiger partial charge is 0.481 e. The Morgan fingerprint density at radius 2 is 1.41 bits per heavy atom. The van der Waals surface area contributed by atoms with Crippen LogP contribution < -0.4 is 5.32 Å². The van der Waals surface area contributed by atoms with Crippen LogP contribution in [0.4, 0.5) is 0 Å². The molecule has 7 nitrogen and oxygen atoms in total. The van der Waals surface area contributed by atoms with Gasteiger partial charge in [0.15, 0.2) is 0 Å². The summed E-state index contributed by atoms with van der Waals surface area (Å²) < 4.78 is 17.5. The van der Waals surface area contributed by atoms with E-state index in [4.69, 9.17) is 13.3 Å². The van der Waals surface area contributed by atoms with Crippen molar-refractivity contribution in [1.82, 2.24) is 5.32 Å². The highest BCUT2D eigenvalue weighted by Crippen LogP contribution is 2.49. The van der Waals surface area contributed by atoms with E-state index in [9.17, 15) is 14.7 Å². The number of amides is 1. The summed E-state index contributed by atoms with van der Waals surface area (Å²) in [5, 5.41) is 12.6. The quantitative estimate of drug-likeness (QED) is 0.386. The number of carboxylic acid groups (broad SMARTS) is 1. The molecule has 0 saturated heterocycles. The van der Waals surface area contributed by atoms with Gasteiger partial charge in [0.1, 0.15) is 0 Å². The van der Waals surface area contributed by atoms with Crippen LogP contribution in [0.15, 0.2) is 0 Å². The first-order valence-electron chi connectivity index (χ1n) is 10.4. The molecule has 8 heteroatoms. The topological polar surface area (TPSA) is 94.1 Å². The van der Waals surface area contributed by atoms with Gasteiger partial charge in [0.25, 0.3) is 0 Å². The fourth-order valence-corrected chi connectivity index (χ4v) is 7.43. The Kier molecular flexibility index (Phi) is 8.72. The van der Waals surface area contributed by atoms with Crippen molar-refractivity contribution in [2.75, 3.05) is 26.4 Å². The lowest BCUT2D eigenvalue weighted by Crippen LogP contribution is -2.51. The predicted octanol–water partition coefficient (Wildman–Crippen LogP) is 2.68. The number of nitrogens with one attached hydrogen (secondary N) is 1. The summed E-state index contributed by atoms with van der Waals surface area (Å²) in [4.78, 5) is 24.5. The van der Waals surface area contributed by atoms with E-state index in [1.54, 1.807) is 0 Å². The fourth-order valence-electron chi connectivity index (χ4n) is 4.82. The second-order valence-electron chi connectivity index (χ2n) is 7.44. The van der Waals surface area contributed by atoms with Gasteiger partial charge in [-0.25, -0.2) is 0 Å². The third kappa shape index (κ3) is 5.53. The lowest BCUT2D eigenvalue weighted by molar-refractivity contribution is -0.158. The van der Waals surface area contributed by atoms with Gasteiger partial charge < -0.3 is 23.7 Å². The molecule has 3 rings (SSSR count). The largest absolute Gasteiger partial charge is 0.500 e. The first-order valence-corrected chi connectivity index (χ1v) is 12.3. The maximum Gasteiger partial charge on any atom is 0.500 e. The van der Waals surface area contributed by atoms with Crippen LogP contribution in [0.2, 0.25) is 6.04 Å². The number of rotatable bonds is 12. The highest BCUT2D eigenvalue weighted by molar-refractivity contribution is 6.60. The predicted molar refractivity (Wildman–Crippen MR) is 103 cm³/mol. The van der Waals surface area contributed by atoms with Gasteiger partial charge in [0.05, 0.1) is 11.8 Å². The van der Waals surface area contributed by atoms with Crippen LogP contribution in [-0.2, 0) is 22.9 Å². The Morgan fingerprint density at radius 3 is 1.85 bits per heavy atom. The second-order valence-corrected chi connectivity index (χ2v) is 10.2. The van der Waals surface area contributed by atoms with Gasteiger partial charge in [-0.05, 0) is 64.7 Å². The number of carbonyl (C=O) groups is 2. The third-order valence-corrected chi connectivity index (χ3v) is 9.01. The molecule has 0 aromatic heterocycles. The molecule has 3 aliphatic rings. The average Bonchev–Trinajstić information content (AvgIpc) is 2.66. The lowest BCUT2D eigenvalue weighted by atomic mass is 9.58. The van der Waals surface area contributed by atoms with E-state index in [-0.39, 0.29) is 23.7 Å². The van der Waals surface area contributed by atoms with E-state index in [1.807, 2.05) is 20.8 Å². The summed E-state index contributed by atoms with van der Waals surface area (Å²) in [5.41, 5.74) is 0. The molecular weight excluding hydrogens is 366 g/mol. The molecule has 0 radical (unpaired) electrons. The van der Waals surface area contributed by atoms with Crippen LogP contribution in [-0.4, -0.2) is 52.2 Å². The monoisotopic (exact) mass is 401 g/mol. The van der Waals surface area contributed by atoms with E-state index >= 15 is 0 Å². The van der Waals surface area contributed by atoms with Gasteiger partial charge in [0.2, 0.25) is 5.91 Å². The zero-order valence-corrected chi connectivity index (χ0v) is 17.9. The van der Waals surface area contributed by atoms with E-state index in [0.717, 1.165) is 25.7 Å². The molecule has 27 heavy (non-hydrogen) atoms. The van der Waals surface area contributed by atoms with E-state index < -0.39 is 20.7 Å². The van der Waals surface area contributed by atoms with Gasteiger partial charge in [-0.2, -0.15) is 0 Å². The molecule has 1 amide bonds. The summed E-state index contributed by atoms with van der Waals surface area (Å²) in [7, 11) is -2.70. The Bertz CT molecular complexity index is 478. The minimum absolute atomic E-state index is 0.103. The van der Waals surface area contributed by atoms with Crippen LogP contribution in [0.1, 0.15) is 52.9 Å². The van der Waals surface area contributed by atoms with E-state index in [2.05, 4.69) is 5.32 Å². The molecule has 0 spiro atoms. The molecule has 0 aromatic carbocycles. The fraction of sp³-hybridized carbons (Fsp3) is 0.895. The highest BCUT2D eigenvalue weighted by atomic mass is 28.4. The Hall–Kier alpha value is -0.963. The number of fused-ring (bicyclic) bond motifs is 3. The van der Waals surface area contributed by atoms with Gasteiger partial charge in [0, 0.05) is 32.4 Å². The van der Waals surface area contributed by atoms with E-state index in [0.29, 0.717) is 38.8 Å². The van der Waals surface area contributed by atoms with Crippen molar-refractivity contribution in [1.29, 1.82) is 0 Å². The van der Waals surface area contributed by atoms with Crippen molar-refractivity contribution >= 4 is 20.7 Å². The average molecular weight is 402 g/mol. The van der Waals surface area contributed by atoms with Crippen LogP contribution in [0.3, 0.4) is 0 Å². The van der Waals surface area contributed by atoms with Crippen molar-refractivity contribution in [3.8, 4) is 0 Å². The molecule has 0 heterocycles. The van der Waals surface area contributed by atoms with Crippen molar-refractivity contribution < 1.29 is 28.0 Å². The molecule has 3 saturated carbocycles. The van der Waals surface area contributed by atoms with Crippen LogP contribution in [0.25, 0.3) is 0 Å². The minimum atomic E-state index is -2.70. The molecule has 3 fully saturated rings. The first-order chi connectivity index (χ1) is 13.0.